The van der Waals surface area contributed by atoms with Crippen molar-refractivity contribution in [1.82, 2.24) is 10.1 Å². The van der Waals surface area contributed by atoms with Crippen LogP contribution in [-0.4, -0.2) is 22.6 Å². The fourth-order valence-electron chi connectivity index (χ4n) is 3.23. The molecule has 1 atom stereocenters. The Kier molecular flexibility index (Phi) is 4.21. The van der Waals surface area contributed by atoms with E-state index in [4.69, 9.17) is 9.78 Å². The zero-order valence-corrected chi connectivity index (χ0v) is 15.1. The highest BCUT2D eigenvalue weighted by Crippen LogP contribution is 2.32. The third-order valence-electron chi connectivity index (χ3n) is 5.00. The number of rotatable bonds is 3. The topological polar surface area (TPSA) is 83.0 Å². The molecule has 0 radical (unpaired) electrons. The first-order valence-corrected chi connectivity index (χ1v) is 8.77. The van der Waals surface area contributed by atoms with Gasteiger partial charge in [0, 0.05) is 30.1 Å². The number of hydrogen-bond acceptors (Lipinski definition) is 5. The monoisotopic (exact) mass is 358 g/mol. The molecule has 2 heterocycles. The van der Waals surface area contributed by atoms with E-state index in [2.05, 4.69) is 23.1 Å². The zero-order valence-electron chi connectivity index (χ0n) is 15.1. The molecule has 1 amide bonds. The average Bonchev–Trinajstić information content (AvgIpc) is 3.31. The molecule has 0 bridgehead atoms. The van der Waals surface area contributed by atoms with Gasteiger partial charge in [-0.3, -0.25) is 4.79 Å². The van der Waals surface area contributed by atoms with Crippen LogP contribution in [0.25, 0.3) is 11.5 Å². The van der Waals surface area contributed by atoms with Crippen molar-refractivity contribution >= 4 is 11.6 Å². The van der Waals surface area contributed by atoms with Crippen molar-refractivity contribution in [3.05, 3.63) is 65.0 Å². The zero-order chi connectivity index (χ0) is 19.0. The lowest BCUT2D eigenvalue weighted by Crippen LogP contribution is -2.24. The molecule has 1 unspecified atom stereocenters. The number of aryl methyl sites for hydroxylation is 2. The second-order valence-corrected chi connectivity index (χ2v) is 6.82. The number of nitriles is 1. The fraction of sp³-hybridized carbons (Fsp3) is 0.238. The number of amides is 1. The van der Waals surface area contributed by atoms with Gasteiger partial charge in [0.1, 0.15) is 0 Å². The Morgan fingerprint density at radius 2 is 1.93 bits per heavy atom. The SMILES string of the molecule is Cc1ccc(N2CC(c3noc(-c4ccc(C#N)cc4)n3)CC2=O)cc1C. The van der Waals surface area contributed by atoms with Crippen LogP contribution in [0.1, 0.15) is 34.9 Å². The lowest BCUT2D eigenvalue weighted by molar-refractivity contribution is -0.117. The van der Waals surface area contributed by atoms with Gasteiger partial charge in [0.2, 0.25) is 5.91 Å². The van der Waals surface area contributed by atoms with E-state index in [0.29, 0.717) is 30.2 Å². The van der Waals surface area contributed by atoms with Gasteiger partial charge >= 0.3 is 0 Å². The highest BCUT2D eigenvalue weighted by Gasteiger charge is 2.34. The number of anilines is 1. The van der Waals surface area contributed by atoms with E-state index >= 15 is 0 Å². The van der Waals surface area contributed by atoms with Gasteiger partial charge in [-0.15, -0.1) is 0 Å². The first kappa shape index (κ1) is 17.0. The highest BCUT2D eigenvalue weighted by atomic mass is 16.5. The summed E-state index contributed by atoms with van der Waals surface area (Å²) in [6.45, 7) is 4.63. The van der Waals surface area contributed by atoms with Crippen LogP contribution in [0.5, 0.6) is 0 Å². The summed E-state index contributed by atoms with van der Waals surface area (Å²) in [6, 6.07) is 15.1. The maximum absolute atomic E-state index is 12.5. The summed E-state index contributed by atoms with van der Waals surface area (Å²) < 4.78 is 5.37. The Morgan fingerprint density at radius 1 is 1.15 bits per heavy atom. The third kappa shape index (κ3) is 3.20. The minimum absolute atomic E-state index is 0.0629. The quantitative estimate of drug-likeness (QED) is 0.712. The number of hydrogen-bond donors (Lipinski definition) is 0. The van der Waals surface area contributed by atoms with Crippen LogP contribution in [0.15, 0.2) is 47.0 Å². The van der Waals surface area contributed by atoms with E-state index in [1.807, 2.05) is 25.1 Å². The molecule has 0 N–H and O–H groups in total. The fourth-order valence-corrected chi connectivity index (χ4v) is 3.23. The lowest BCUT2D eigenvalue weighted by Gasteiger charge is -2.17. The molecule has 6 nitrogen and oxygen atoms in total. The first-order chi connectivity index (χ1) is 13.0. The molecule has 27 heavy (non-hydrogen) atoms. The van der Waals surface area contributed by atoms with Crippen LogP contribution >= 0.6 is 0 Å². The van der Waals surface area contributed by atoms with Crippen molar-refractivity contribution in [2.24, 2.45) is 0 Å². The van der Waals surface area contributed by atoms with Gasteiger partial charge in [-0.25, -0.2) is 0 Å². The van der Waals surface area contributed by atoms with Crippen molar-refractivity contribution in [2.75, 3.05) is 11.4 Å². The summed E-state index contributed by atoms with van der Waals surface area (Å²) in [4.78, 5) is 18.8. The van der Waals surface area contributed by atoms with E-state index in [0.717, 1.165) is 16.8 Å². The predicted molar refractivity (Wildman–Crippen MR) is 100 cm³/mol. The second kappa shape index (κ2) is 6.69. The van der Waals surface area contributed by atoms with E-state index in [1.54, 1.807) is 29.2 Å². The number of aromatic nitrogens is 2. The van der Waals surface area contributed by atoms with E-state index in [9.17, 15) is 4.79 Å². The van der Waals surface area contributed by atoms with Gasteiger partial charge in [-0.1, -0.05) is 11.2 Å². The Hall–Kier alpha value is -3.46. The summed E-state index contributed by atoms with van der Waals surface area (Å²) in [5.41, 5.74) is 4.59. The number of benzene rings is 2. The Balaban J connectivity index is 1.54. The van der Waals surface area contributed by atoms with Gasteiger partial charge in [0.25, 0.3) is 5.89 Å². The van der Waals surface area contributed by atoms with Crippen molar-refractivity contribution < 1.29 is 9.32 Å². The van der Waals surface area contributed by atoms with E-state index in [1.165, 1.54) is 5.56 Å². The predicted octanol–water partition coefficient (Wildman–Crippen LogP) is 3.75. The van der Waals surface area contributed by atoms with Crippen LogP contribution in [0.2, 0.25) is 0 Å². The maximum Gasteiger partial charge on any atom is 0.257 e. The largest absolute Gasteiger partial charge is 0.334 e. The molecule has 2 aromatic carbocycles. The van der Waals surface area contributed by atoms with E-state index < -0.39 is 0 Å². The third-order valence-corrected chi connectivity index (χ3v) is 5.00. The lowest BCUT2D eigenvalue weighted by atomic mass is 10.1. The normalized spacial score (nSPS) is 16.6. The van der Waals surface area contributed by atoms with Gasteiger partial charge in [-0.2, -0.15) is 10.2 Å². The molecule has 134 valence electrons. The van der Waals surface area contributed by atoms with Crippen molar-refractivity contribution in [1.29, 1.82) is 5.26 Å². The molecule has 1 aliphatic rings. The first-order valence-electron chi connectivity index (χ1n) is 8.77. The molecule has 3 aromatic rings. The van der Waals surface area contributed by atoms with Gasteiger partial charge in [0.15, 0.2) is 5.82 Å². The summed E-state index contributed by atoms with van der Waals surface area (Å²) in [7, 11) is 0. The second-order valence-electron chi connectivity index (χ2n) is 6.82. The van der Waals surface area contributed by atoms with Gasteiger partial charge in [-0.05, 0) is 61.4 Å². The highest BCUT2D eigenvalue weighted by molar-refractivity contribution is 5.96. The van der Waals surface area contributed by atoms with E-state index in [-0.39, 0.29) is 11.8 Å². The van der Waals surface area contributed by atoms with Crippen LogP contribution in [0.3, 0.4) is 0 Å². The molecule has 1 aromatic heterocycles. The maximum atomic E-state index is 12.5. The Labute approximate surface area is 157 Å². The van der Waals surface area contributed by atoms with Gasteiger partial charge < -0.3 is 9.42 Å². The van der Waals surface area contributed by atoms with Crippen LogP contribution in [0, 0.1) is 25.2 Å². The minimum atomic E-state index is -0.102. The molecule has 0 aliphatic carbocycles. The van der Waals surface area contributed by atoms with Crippen molar-refractivity contribution in [2.45, 2.75) is 26.2 Å². The Bertz CT molecular complexity index is 1050. The minimum Gasteiger partial charge on any atom is -0.334 e. The number of carbonyl (C=O) groups excluding carboxylic acids is 1. The van der Waals surface area contributed by atoms with Crippen LogP contribution in [0.4, 0.5) is 5.69 Å². The summed E-state index contributed by atoms with van der Waals surface area (Å²) in [6.07, 6.45) is 0.360. The van der Waals surface area contributed by atoms with Crippen molar-refractivity contribution in [3.63, 3.8) is 0 Å². The summed E-state index contributed by atoms with van der Waals surface area (Å²) in [5.74, 6) is 0.892. The molecular formula is C21H18N4O2. The molecular weight excluding hydrogens is 340 g/mol. The average molecular weight is 358 g/mol. The molecule has 0 saturated carbocycles. The van der Waals surface area contributed by atoms with Crippen LogP contribution in [-0.2, 0) is 4.79 Å². The molecule has 4 rings (SSSR count). The Morgan fingerprint density at radius 3 is 2.63 bits per heavy atom. The number of nitrogens with zero attached hydrogens (tertiary/aromatic N) is 4. The number of carbonyl (C=O) groups is 1. The van der Waals surface area contributed by atoms with Gasteiger partial charge in [0.05, 0.1) is 11.6 Å². The molecule has 1 fully saturated rings. The van der Waals surface area contributed by atoms with Crippen LogP contribution < -0.4 is 4.90 Å². The van der Waals surface area contributed by atoms with Crippen molar-refractivity contribution in [3.8, 4) is 17.5 Å². The summed E-state index contributed by atoms with van der Waals surface area (Å²) in [5, 5.41) is 13.0. The molecule has 6 heteroatoms. The molecule has 1 aliphatic heterocycles. The summed E-state index contributed by atoms with van der Waals surface area (Å²) >= 11 is 0. The standard InChI is InChI=1S/C21H18N4O2/c1-13-3-8-18(9-14(13)2)25-12-17(10-19(25)26)20-23-21(27-24-20)16-6-4-15(11-22)5-7-16/h3-9,17H,10,12H2,1-2H3. The smallest absolute Gasteiger partial charge is 0.257 e. The molecule has 1 saturated heterocycles. The molecule has 0 spiro atoms.